The van der Waals surface area contributed by atoms with Crippen molar-refractivity contribution in [3.8, 4) is 0 Å². The molecule has 1 amide bonds. The number of aromatic nitrogens is 1. The quantitative estimate of drug-likeness (QED) is 0.640. The van der Waals surface area contributed by atoms with Gasteiger partial charge in [-0.05, 0) is 49.3 Å². The highest BCUT2D eigenvalue weighted by Gasteiger charge is 2.32. The molecule has 0 unspecified atom stereocenters. The number of anilines is 1. The van der Waals surface area contributed by atoms with Crippen LogP contribution in [0.4, 0.5) is 18.9 Å². The number of benzene rings is 1. The number of amides is 1. The lowest BCUT2D eigenvalue weighted by Crippen LogP contribution is -2.21. The Hall–Kier alpha value is -2.09. The predicted octanol–water partition coefficient (Wildman–Crippen LogP) is 5.39. The average Bonchev–Trinajstić information content (AvgIpc) is 3.38. The van der Waals surface area contributed by atoms with E-state index in [4.69, 9.17) is 0 Å². The van der Waals surface area contributed by atoms with Crippen LogP contribution >= 0.6 is 11.3 Å². The van der Waals surface area contributed by atoms with Crippen molar-refractivity contribution in [1.82, 2.24) is 4.57 Å². The lowest BCUT2D eigenvalue weighted by Gasteiger charge is -2.17. The maximum Gasteiger partial charge on any atom is 0.416 e. The molecule has 1 heterocycles. The number of nitrogens with zero attached hydrogens (tertiary/aromatic N) is 3. The van der Waals surface area contributed by atoms with Crippen molar-refractivity contribution >= 4 is 22.9 Å². The van der Waals surface area contributed by atoms with E-state index in [0.717, 1.165) is 42.1 Å². The highest BCUT2D eigenvalue weighted by Crippen LogP contribution is 2.35. The van der Waals surface area contributed by atoms with E-state index < -0.39 is 17.6 Å². The molecule has 1 aliphatic rings. The zero-order chi connectivity index (χ0) is 22.4. The molecule has 4 nitrogen and oxygen atoms in total. The lowest BCUT2D eigenvalue weighted by atomic mass is 9.93. The number of alkyl halides is 3. The van der Waals surface area contributed by atoms with Crippen LogP contribution in [0, 0.1) is 12.8 Å². The van der Waals surface area contributed by atoms with Gasteiger partial charge in [-0.15, -0.1) is 11.3 Å². The molecule has 0 atom stereocenters. The van der Waals surface area contributed by atoms with E-state index in [-0.39, 0.29) is 11.0 Å². The monoisotopic (exact) mass is 439 g/mol. The molecule has 1 aromatic heterocycles. The third-order valence-corrected chi connectivity index (χ3v) is 6.82. The van der Waals surface area contributed by atoms with Crippen molar-refractivity contribution in [3.05, 3.63) is 44.7 Å². The minimum absolute atomic E-state index is 0.0452. The topological polar surface area (TPSA) is 37.6 Å². The molecular formula is C22H28F3N3OS. The molecule has 0 bridgehead atoms. The van der Waals surface area contributed by atoms with E-state index in [0.29, 0.717) is 16.4 Å². The van der Waals surface area contributed by atoms with Crippen LogP contribution in [0.2, 0.25) is 0 Å². The van der Waals surface area contributed by atoms with Gasteiger partial charge in [-0.2, -0.15) is 18.2 Å². The Bertz CT molecular complexity index is 1020. The van der Waals surface area contributed by atoms with Gasteiger partial charge in [0.05, 0.1) is 11.1 Å². The molecule has 8 heteroatoms. The molecule has 0 radical (unpaired) electrons. The molecule has 1 aliphatic carbocycles. The van der Waals surface area contributed by atoms with Crippen LogP contribution in [0.3, 0.4) is 0 Å². The molecule has 0 aliphatic heterocycles. The first-order valence-corrected chi connectivity index (χ1v) is 10.8. The first-order chi connectivity index (χ1) is 13.8. The zero-order valence-corrected chi connectivity index (χ0v) is 19.0. The van der Waals surface area contributed by atoms with Crippen LogP contribution < -0.4 is 9.70 Å². The molecule has 0 spiro atoms. The molecule has 0 N–H and O–H groups in total. The molecule has 1 aromatic carbocycles. The second-order valence-electron chi connectivity index (χ2n) is 9.14. The van der Waals surface area contributed by atoms with E-state index in [1.165, 1.54) is 17.4 Å². The summed E-state index contributed by atoms with van der Waals surface area (Å²) < 4.78 is 41.8. The molecule has 1 fully saturated rings. The van der Waals surface area contributed by atoms with E-state index in [1.807, 2.05) is 6.92 Å². The molecule has 2 aromatic rings. The fourth-order valence-corrected chi connectivity index (χ4v) is 4.66. The summed E-state index contributed by atoms with van der Waals surface area (Å²) in [7, 11) is 3.39. The second kappa shape index (κ2) is 7.87. The van der Waals surface area contributed by atoms with Gasteiger partial charge >= 0.3 is 6.18 Å². The van der Waals surface area contributed by atoms with Gasteiger partial charge in [0.25, 0.3) is 5.91 Å². The molecule has 164 valence electrons. The number of carbonyl (C=O) groups excluding carboxylic acids is 1. The fourth-order valence-electron chi connectivity index (χ4n) is 3.46. The maximum absolute atomic E-state index is 13.2. The average molecular weight is 440 g/mol. The zero-order valence-electron chi connectivity index (χ0n) is 18.2. The van der Waals surface area contributed by atoms with Gasteiger partial charge in [-0.1, -0.05) is 20.8 Å². The summed E-state index contributed by atoms with van der Waals surface area (Å²) in [6, 6.07) is 3.22. The standard InChI is InChI=1S/C22H28F3N3OS/c1-13-18(21(2,3)4)30-20(28(13)12-14-7-8-14)26-19(29)16-11-15(22(23,24)25)9-10-17(16)27(5)6/h9-11,14H,7-8,12H2,1-6H3/b26-20-. The molecular weight excluding hydrogens is 411 g/mol. The van der Waals surface area contributed by atoms with Gasteiger partial charge in [0.15, 0.2) is 4.80 Å². The highest BCUT2D eigenvalue weighted by atomic mass is 32.1. The van der Waals surface area contributed by atoms with Crippen LogP contribution in [0.1, 0.15) is 60.1 Å². The van der Waals surface area contributed by atoms with Gasteiger partial charge in [0.2, 0.25) is 0 Å². The normalized spacial score (nSPS) is 15.6. The predicted molar refractivity (Wildman–Crippen MR) is 114 cm³/mol. The Morgan fingerprint density at radius 3 is 2.37 bits per heavy atom. The van der Waals surface area contributed by atoms with Gasteiger partial charge in [-0.3, -0.25) is 4.79 Å². The van der Waals surface area contributed by atoms with Gasteiger partial charge < -0.3 is 9.47 Å². The Morgan fingerprint density at radius 2 is 1.87 bits per heavy atom. The number of carbonyl (C=O) groups is 1. The second-order valence-corrected chi connectivity index (χ2v) is 10.1. The summed E-state index contributed by atoms with van der Waals surface area (Å²) in [5.41, 5.74) is 0.478. The smallest absolute Gasteiger partial charge is 0.377 e. The largest absolute Gasteiger partial charge is 0.416 e. The van der Waals surface area contributed by atoms with Crippen LogP contribution in [0.15, 0.2) is 23.2 Å². The minimum atomic E-state index is -4.52. The highest BCUT2D eigenvalue weighted by molar-refractivity contribution is 7.09. The van der Waals surface area contributed by atoms with Crippen molar-refractivity contribution in [2.24, 2.45) is 10.9 Å². The first-order valence-electron chi connectivity index (χ1n) is 9.97. The lowest BCUT2D eigenvalue weighted by molar-refractivity contribution is -0.137. The van der Waals surface area contributed by atoms with Crippen LogP contribution in [-0.4, -0.2) is 24.6 Å². The Balaban J connectivity index is 2.14. The third kappa shape index (κ3) is 4.79. The third-order valence-electron chi connectivity index (χ3n) is 5.21. The van der Waals surface area contributed by atoms with E-state index in [1.54, 1.807) is 19.0 Å². The van der Waals surface area contributed by atoms with Crippen LogP contribution in [0.5, 0.6) is 0 Å². The summed E-state index contributed by atoms with van der Waals surface area (Å²) in [5.74, 6) is -0.0814. The van der Waals surface area contributed by atoms with Crippen molar-refractivity contribution in [2.45, 2.75) is 58.7 Å². The van der Waals surface area contributed by atoms with Crippen molar-refractivity contribution in [1.29, 1.82) is 0 Å². The van der Waals surface area contributed by atoms with Gasteiger partial charge in [0, 0.05) is 36.9 Å². The van der Waals surface area contributed by atoms with Crippen molar-refractivity contribution < 1.29 is 18.0 Å². The van der Waals surface area contributed by atoms with E-state index in [9.17, 15) is 18.0 Å². The van der Waals surface area contributed by atoms with E-state index >= 15 is 0 Å². The summed E-state index contributed by atoms with van der Waals surface area (Å²) in [4.78, 5) is 20.7. The maximum atomic E-state index is 13.2. The number of hydrogen-bond donors (Lipinski definition) is 0. The fraction of sp³-hybridized carbons (Fsp3) is 0.545. The van der Waals surface area contributed by atoms with Crippen LogP contribution in [0.25, 0.3) is 0 Å². The molecule has 3 rings (SSSR count). The Kier molecular flexibility index (Phi) is 5.93. The molecule has 0 saturated heterocycles. The van der Waals surface area contributed by atoms with Gasteiger partial charge in [0.1, 0.15) is 0 Å². The summed E-state index contributed by atoms with van der Waals surface area (Å²) >= 11 is 1.45. The van der Waals surface area contributed by atoms with Crippen LogP contribution in [-0.2, 0) is 18.1 Å². The first kappa shape index (κ1) is 22.6. The molecule has 1 saturated carbocycles. The summed E-state index contributed by atoms with van der Waals surface area (Å²) in [6.07, 6.45) is -2.22. The number of rotatable bonds is 4. The molecule has 30 heavy (non-hydrogen) atoms. The van der Waals surface area contributed by atoms with Crippen molar-refractivity contribution in [2.75, 3.05) is 19.0 Å². The minimum Gasteiger partial charge on any atom is -0.377 e. The Labute approximate surface area is 179 Å². The Morgan fingerprint density at radius 1 is 1.23 bits per heavy atom. The van der Waals surface area contributed by atoms with Crippen molar-refractivity contribution in [3.63, 3.8) is 0 Å². The summed E-state index contributed by atoms with van der Waals surface area (Å²) in [6.45, 7) is 9.13. The number of halogens is 3. The SMILES string of the molecule is Cc1c(C(C)(C)C)s/c(=N\C(=O)c2cc(C(F)(F)F)ccc2N(C)C)n1CC1CC1. The van der Waals surface area contributed by atoms with E-state index in [2.05, 4.69) is 30.3 Å². The number of thiazole rings is 1. The number of hydrogen-bond acceptors (Lipinski definition) is 3. The van der Waals surface area contributed by atoms with Gasteiger partial charge in [-0.25, -0.2) is 0 Å². The summed E-state index contributed by atoms with van der Waals surface area (Å²) in [5, 5.41) is 0.